The lowest BCUT2D eigenvalue weighted by Gasteiger charge is -2.33. The van der Waals surface area contributed by atoms with Gasteiger partial charge in [0.05, 0.1) is 11.2 Å². The Balaban J connectivity index is 1.48. The van der Waals surface area contributed by atoms with Crippen LogP contribution >= 0.6 is 11.3 Å². The molecule has 5 rings (SSSR count). The molecule has 1 aliphatic carbocycles. The predicted molar refractivity (Wildman–Crippen MR) is 116 cm³/mol. The number of nitrogens with one attached hydrogen (secondary N) is 1. The SMILES string of the molecule is Cc1ccc(-n2c(N3CCC(C(=O)NC4CC4)CC3)nc3ccsc3c2=O)cc1. The van der Waals surface area contributed by atoms with Crippen molar-refractivity contribution in [2.45, 2.75) is 38.6 Å². The highest BCUT2D eigenvalue weighted by atomic mass is 32.1. The lowest BCUT2D eigenvalue weighted by atomic mass is 9.96. The molecule has 0 bridgehead atoms. The number of aromatic nitrogens is 2. The van der Waals surface area contributed by atoms with E-state index in [1.807, 2.05) is 42.6 Å². The minimum Gasteiger partial charge on any atom is -0.353 e. The first-order valence-corrected chi connectivity index (χ1v) is 11.1. The molecular formula is C22H24N4O2S. The second-order valence-corrected chi connectivity index (χ2v) is 8.98. The summed E-state index contributed by atoms with van der Waals surface area (Å²) in [5.41, 5.74) is 2.69. The minimum absolute atomic E-state index is 0.0301. The number of benzene rings is 1. The molecule has 1 N–H and O–H groups in total. The molecule has 2 aromatic heterocycles. The minimum atomic E-state index is -0.0301. The summed E-state index contributed by atoms with van der Waals surface area (Å²) in [7, 11) is 0. The lowest BCUT2D eigenvalue weighted by molar-refractivity contribution is -0.125. The standard InChI is InChI=1S/C22H24N4O2S/c1-14-2-6-17(7-3-14)26-21(28)19-18(10-13-29-19)24-22(26)25-11-8-15(9-12-25)20(27)23-16-4-5-16/h2-3,6-7,10,13,15-16H,4-5,8-9,11-12H2,1H3,(H,23,27). The van der Waals surface area contributed by atoms with E-state index in [1.54, 1.807) is 4.57 Å². The monoisotopic (exact) mass is 408 g/mol. The molecule has 0 spiro atoms. The van der Waals surface area contributed by atoms with Gasteiger partial charge in [0, 0.05) is 25.0 Å². The van der Waals surface area contributed by atoms with Gasteiger partial charge in [0.2, 0.25) is 11.9 Å². The zero-order valence-corrected chi connectivity index (χ0v) is 17.2. The third-order valence-corrected chi connectivity index (χ3v) is 6.72. The van der Waals surface area contributed by atoms with Gasteiger partial charge in [0.1, 0.15) is 4.70 Å². The Morgan fingerprint density at radius 3 is 2.52 bits per heavy atom. The molecule has 0 radical (unpaired) electrons. The van der Waals surface area contributed by atoms with E-state index in [1.165, 1.54) is 11.3 Å². The Bertz CT molecular complexity index is 1110. The van der Waals surface area contributed by atoms with E-state index < -0.39 is 0 Å². The molecule has 150 valence electrons. The number of carbonyl (C=O) groups is 1. The van der Waals surface area contributed by atoms with Crippen LogP contribution in [0.5, 0.6) is 0 Å². The average Bonchev–Trinajstić information content (AvgIpc) is 3.41. The first kappa shape index (κ1) is 18.4. The molecule has 0 atom stereocenters. The van der Waals surface area contributed by atoms with Crippen LogP contribution < -0.4 is 15.8 Å². The third kappa shape index (κ3) is 3.55. The van der Waals surface area contributed by atoms with Crippen molar-refractivity contribution in [3.63, 3.8) is 0 Å². The topological polar surface area (TPSA) is 67.2 Å². The van der Waals surface area contributed by atoms with Crippen LogP contribution in [0.4, 0.5) is 5.95 Å². The molecule has 2 fully saturated rings. The number of amides is 1. The summed E-state index contributed by atoms with van der Waals surface area (Å²) in [5.74, 6) is 0.909. The maximum Gasteiger partial charge on any atom is 0.277 e. The van der Waals surface area contributed by atoms with Crippen molar-refractivity contribution < 1.29 is 4.79 Å². The molecule has 1 saturated carbocycles. The second kappa shape index (κ2) is 7.30. The predicted octanol–water partition coefficient (Wildman–Crippen LogP) is 3.25. The summed E-state index contributed by atoms with van der Waals surface area (Å²) in [6, 6.07) is 10.3. The Hall–Kier alpha value is -2.67. The molecule has 2 aliphatic rings. The van der Waals surface area contributed by atoms with Gasteiger partial charge >= 0.3 is 0 Å². The number of aryl methyl sites for hydroxylation is 1. The highest BCUT2D eigenvalue weighted by Crippen LogP contribution is 2.27. The van der Waals surface area contributed by atoms with Gasteiger partial charge in [-0.05, 0) is 56.2 Å². The summed E-state index contributed by atoms with van der Waals surface area (Å²) < 4.78 is 2.40. The highest BCUT2D eigenvalue weighted by Gasteiger charge is 2.31. The molecule has 1 saturated heterocycles. The van der Waals surface area contributed by atoms with Crippen molar-refractivity contribution in [3.05, 3.63) is 51.6 Å². The van der Waals surface area contributed by atoms with Gasteiger partial charge in [0.25, 0.3) is 5.56 Å². The van der Waals surface area contributed by atoms with Crippen LogP contribution in [0.25, 0.3) is 15.9 Å². The van der Waals surface area contributed by atoms with Gasteiger partial charge in [-0.15, -0.1) is 11.3 Å². The van der Waals surface area contributed by atoms with Crippen molar-refractivity contribution in [1.29, 1.82) is 0 Å². The van der Waals surface area contributed by atoms with Crippen LogP contribution in [0.2, 0.25) is 0 Å². The molecule has 6 nitrogen and oxygen atoms in total. The smallest absolute Gasteiger partial charge is 0.277 e. The molecule has 1 aromatic carbocycles. The van der Waals surface area contributed by atoms with Crippen molar-refractivity contribution in [1.82, 2.24) is 14.9 Å². The van der Waals surface area contributed by atoms with Crippen molar-refractivity contribution in [2.24, 2.45) is 5.92 Å². The molecule has 3 heterocycles. The van der Waals surface area contributed by atoms with Gasteiger partial charge in [0.15, 0.2) is 0 Å². The van der Waals surface area contributed by atoms with Gasteiger partial charge in [-0.3, -0.25) is 9.59 Å². The Labute approximate surface area is 173 Å². The normalized spacial score (nSPS) is 17.6. The molecule has 3 aromatic rings. The zero-order valence-electron chi connectivity index (χ0n) is 16.4. The summed E-state index contributed by atoms with van der Waals surface area (Å²) in [5, 5.41) is 5.04. The molecule has 29 heavy (non-hydrogen) atoms. The lowest BCUT2D eigenvalue weighted by Crippen LogP contribution is -2.43. The number of hydrogen-bond acceptors (Lipinski definition) is 5. The molecule has 1 aliphatic heterocycles. The van der Waals surface area contributed by atoms with E-state index in [4.69, 9.17) is 4.98 Å². The van der Waals surface area contributed by atoms with Gasteiger partial charge < -0.3 is 10.2 Å². The number of piperidine rings is 1. The van der Waals surface area contributed by atoms with Gasteiger partial charge in [-0.25, -0.2) is 9.55 Å². The molecule has 0 unspecified atom stereocenters. The first-order chi connectivity index (χ1) is 14.1. The van der Waals surface area contributed by atoms with Gasteiger partial charge in [-0.1, -0.05) is 17.7 Å². The Morgan fingerprint density at radius 1 is 1.10 bits per heavy atom. The maximum atomic E-state index is 13.3. The molecule has 7 heteroatoms. The fraction of sp³-hybridized carbons (Fsp3) is 0.409. The summed E-state index contributed by atoms with van der Waals surface area (Å²) in [6.45, 7) is 3.47. The second-order valence-electron chi connectivity index (χ2n) is 8.07. The summed E-state index contributed by atoms with van der Waals surface area (Å²) >= 11 is 1.43. The average molecular weight is 409 g/mol. The quantitative estimate of drug-likeness (QED) is 0.720. The summed E-state index contributed by atoms with van der Waals surface area (Å²) in [4.78, 5) is 32.7. The third-order valence-electron chi connectivity index (χ3n) is 5.83. The van der Waals surface area contributed by atoms with Gasteiger partial charge in [-0.2, -0.15) is 0 Å². The van der Waals surface area contributed by atoms with Crippen LogP contribution in [0.15, 0.2) is 40.5 Å². The van der Waals surface area contributed by atoms with E-state index in [0.29, 0.717) is 16.7 Å². The van der Waals surface area contributed by atoms with E-state index in [2.05, 4.69) is 10.2 Å². The molecular weight excluding hydrogens is 384 g/mol. The fourth-order valence-electron chi connectivity index (χ4n) is 3.93. The van der Waals surface area contributed by atoms with Crippen LogP contribution in [0, 0.1) is 12.8 Å². The number of thiophene rings is 1. The first-order valence-electron chi connectivity index (χ1n) is 10.2. The largest absolute Gasteiger partial charge is 0.353 e. The van der Waals surface area contributed by atoms with Crippen molar-refractivity contribution in [2.75, 3.05) is 18.0 Å². The van der Waals surface area contributed by atoms with E-state index in [0.717, 1.165) is 55.5 Å². The van der Waals surface area contributed by atoms with E-state index >= 15 is 0 Å². The van der Waals surface area contributed by atoms with E-state index in [-0.39, 0.29) is 17.4 Å². The van der Waals surface area contributed by atoms with Crippen LogP contribution in [-0.4, -0.2) is 34.6 Å². The number of hydrogen-bond donors (Lipinski definition) is 1. The van der Waals surface area contributed by atoms with Crippen LogP contribution in [0.3, 0.4) is 0 Å². The zero-order chi connectivity index (χ0) is 20.0. The summed E-state index contributed by atoms with van der Waals surface area (Å²) in [6.07, 6.45) is 3.78. The number of anilines is 1. The van der Waals surface area contributed by atoms with Crippen LogP contribution in [-0.2, 0) is 4.79 Å². The number of carbonyl (C=O) groups excluding carboxylic acids is 1. The van der Waals surface area contributed by atoms with Crippen molar-refractivity contribution >= 4 is 33.4 Å². The number of rotatable bonds is 4. The highest BCUT2D eigenvalue weighted by molar-refractivity contribution is 7.17. The Morgan fingerprint density at radius 2 is 1.83 bits per heavy atom. The maximum absolute atomic E-state index is 13.3. The van der Waals surface area contributed by atoms with Crippen molar-refractivity contribution in [3.8, 4) is 5.69 Å². The van der Waals surface area contributed by atoms with Crippen LogP contribution in [0.1, 0.15) is 31.2 Å². The number of fused-ring (bicyclic) bond motifs is 1. The Kier molecular flexibility index (Phi) is 4.62. The fourth-order valence-corrected chi connectivity index (χ4v) is 4.69. The van der Waals surface area contributed by atoms with E-state index in [9.17, 15) is 9.59 Å². The molecule has 1 amide bonds. The number of nitrogens with zero attached hydrogens (tertiary/aromatic N) is 3.